The molecule has 1 aromatic heterocycles. The Morgan fingerprint density at radius 1 is 1.53 bits per heavy atom. The van der Waals surface area contributed by atoms with Gasteiger partial charge in [-0.2, -0.15) is 5.26 Å². The maximum Gasteiger partial charge on any atom is 0.171 e. The van der Waals surface area contributed by atoms with Crippen LogP contribution >= 0.6 is 11.3 Å². The third-order valence-electron chi connectivity index (χ3n) is 3.07. The molecule has 0 atom stereocenters. The Bertz CT molecular complexity index is 481. The Hall–Kier alpha value is -1.54. The normalized spacial score (nSPS) is 15.8. The lowest BCUT2D eigenvalue weighted by molar-refractivity contribution is 0.102. The Morgan fingerprint density at radius 2 is 2.18 bits per heavy atom. The summed E-state index contributed by atoms with van der Waals surface area (Å²) in [4.78, 5) is 11.9. The van der Waals surface area contributed by atoms with Crippen LogP contribution in [0.2, 0.25) is 0 Å². The maximum atomic E-state index is 11.4. The molecule has 1 fully saturated rings. The molecule has 0 amide bonds. The zero-order valence-electron chi connectivity index (χ0n) is 9.75. The summed E-state index contributed by atoms with van der Waals surface area (Å²) >= 11 is 1.30. The number of anilines is 2. The van der Waals surface area contributed by atoms with Gasteiger partial charge in [0.05, 0.1) is 10.6 Å². The van der Waals surface area contributed by atoms with E-state index in [0.717, 1.165) is 17.8 Å². The number of nitrogen functional groups attached to an aromatic ring is 1. The number of hydrogen-bond acceptors (Lipinski definition) is 5. The fourth-order valence-electron chi connectivity index (χ4n) is 2.17. The second-order valence-corrected chi connectivity index (χ2v) is 5.36. The summed E-state index contributed by atoms with van der Waals surface area (Å²) in [5, 5.41) is 13.2. The van der Waals surface area contributed by atoms with Crippen LogP contribution in [0, 0.1) is 11.3 Å². The van der Waals surface area contributed by atoms with Gasteiger partial charge in [0.15, 0.2) is 5.78 Å². The number of nitrogens with zero attached hydrogens (tertiary/aromatic N) is 1. The number of carbonyl (C=O) groups is 1. The molecule has 0 aliphatic heterocycles. The van der Waals surface area contributed by atoms with Gasteiger partial charge in [0.2, 0.25) is 0 Å². The van der Waals surface area contributed by atoms with Crippen LogP contribution in [0.25, 0.3) is 0 Å². The van der Waals surface area contributed by atoms with Gasteiger partial charge in [-0.05, 0) is 12.8 Å². The molecule has 0 aromatic carbocycles. The summed E-state index contributed by atoms with van der Waals surface area (Å²) in [5.74, 6) is -0.0801. The molecular formula is C12H15N3OS. The minimum Gasteiger partial charge on any atom is -0.396 e. The Kier molecular flexibility index (Phi) is 3.34. The molecule has 3 N–H and O–H groups in total. The van der Waals surface area contributed by atoms with Gasteiger partial charge in [0.25, 0.3) is 0 Å². The van der Waals surface area contributed by atoms with E-state index in [2.05, 4.69) is 11.4 Å². The van der Waals surface area contributed by atoms with Gasteiger partial charge in [0.1, 0.15) is 16.6 Å². The third kappa shape index (κ3) is 2.27. The fourth-order valence-corrected chi connectivity index (χ4v) is 3.22. The van der Waals surface area contributed by atoms with Crippen molar-refractivity contribution in [1.29, 1.82) is 5.26 Å². The number of ketones is 1. The van der Waals surface area contributed by atoms with Crippen LogP contribution in [-0.4, -0.2) is 11.8 Å². The first-order chi connectivity index (χ1) is 8.13. The second kappa shape index (κ2) is 4.76. The van der Waals surface area contributed by atoms with E-state index in [9.17, 15) is 4.79 Å². The number of carbonyl (C=O) groups excluding carboxylic acids is 1. The molecule has 2 rings (SSSR count). The molecule has 1 heterocycles. The highest BCUT2D eigenvalue weighted by Crippen LogP contribution is 2.37. The molecule has 17 heavy (non-hydrogen) atoms. The van der Waals surface area contributed by atoms with Gasteiger partial charge in [-0.1, -0.05) is 12.8 Å². The highest BCUT2D eigenvalue weighted by Gasteiger charge is 2.22. The number of rotatable bonds is 3. The first-order valence-electron chi connectivity index (χ1n) is 5.73. The number of nitriles is 1. The predicted molar refractivity (Wildman–Crippen MR) is 69.3 cm³/mol. The molecule has 1 aliphatic rings. The van der Waals surface area contributed by atoms with Crippen molar-refractivity contribution in [3.63, 3.8) is 0 Å². The molecule has 0 saturated heterocycles. The molecule has 0 bridgehead atoms. The van der Waals surface area contributed by atoms with Crippen molar-refractivity contribution in [2.24, 2.45) is 0 Å². The van der Waals surface area contributed by atoms with Crippen LogP contribution in [0.15, 0.2) is 0 Å². The van der Waals surface area contributed by atoms with Crippen LogP contribution in [0.3, 0.4) is 0 Å². The molecule has 1 aliphatic carbocycles. The summed E-state index contributed by atoms with van der Waals surface area (Å²) in [5.41, 5.74) is 6.56. The number of nitrogens with one attached hydrogen (secondary N) is 1. The van der Waals surface area contributed by atoms with E-state index in [0.29, 0.717) is 22.2 Å². The van der Waals surface area contributed by atoms with E-state index >= 15 is 0 Å². The van der Waals surface area contributed by atoms with Crippen molar-refractivity contribution in [1.82, 2.24) is 0 Å². The van der Waals surface area contributed by atoms with E-state index in [4.69, 9.17) is 11.0 Å². The predicted octanol–water partition coefficient (Wildman–Crippen LogP) is 2.76. The minimum atomic E-state index is -0.0801. The molecule has 0 radical (unpaired) electrons. The maximum absolute atomic E-state index is 11.4. The number of thiophene rings is 1. The highest BCUT2D eigenvalue weighted by molar-refractivity contribution is 7.19. The van der Waals surface area contributed by atoms with Crippen molar-refractivity contribution in [2.45, 2.75) is 38.6 Å². The first kappa shape index (κ1) is 11.9. The summed E-state index contributed by atoms with van der Waals surface area (Å²) in [7, 11) is 0. The van der Waals surface area contributed by atoms with Crippen LogP contribution in [0.4, 0.5) is 10.7 Å². The molecule has 1 aromatic rings. The SMILES string of the molecule is CC(=O)c1sc(NC2CCCC2)c(C#N)c1N. The summed E-state index contributed by atoms with van der Waals surface area (Å²) in [6.45, 7) is 1.47. The van der Waals surface area contributed by atoms with Crippen LogP contribution in [-0.2, 0) is 0 Å². The van der Waals surface area contributed by atoms with Crippen molar-refractivity contribution < 1.29 is 4.79 Å². The van der Waals surface area contributed by atoms with Gasteiger partial charge in [-0.15, -0.1) is 11.3 Å². The molecule has 5 heteroatoms. The molecule has 4 nitrogen and oxygen atoms in total. The molecule has 90 valence electrons. The summed E-state index contributed by atoms with van der Waals surface area (Å²) in [6.07, 6.45) is 4.69. The average molecular weight is 249 g/mol. The quantitative estimate of drug-likeness (QED) is 0.807. The van der Waals surface area contributed by atoms with E-state index < -0.39 is 0 Å². The lowest BCUT2D eigenvalue weighted by atomic mass is 10.2. The van der Waals surface area contributed by atoms with Crippen molar-refractivity contribution in [3.05, 3.63) is 10.4 Å². The zero-order chi connectivity index (χ0) is 12.4. The van der Waals surface area contributed by atoms with E-state index in [1.165, 1.54) is 31.1 Å². The molecule has 0 unspecified atom stereocenters. The first-order valence-corrected chi connectivity index (χ1v) is 6.55. The fraction of sp³-hybridized carbons (Fsp3) is 0.500. The van der Waals surface area contributed by atoms with Crippen molar-refractivity contribution in [3.8, 4) is 6.07 Å². The van der Waals surface area contributed by atoms with Crippen molar-refractivity contribution >= 4 is 27.8 Å². The zero-order valence-corrected chi connectivity index (χ0v) is 10.6. The van der Waals surface area contributed by atoms with Crippen LogP contribution < -0.4 is 11.1 Å². The third-order valence-corrected chi connectivity index (χ3v) is 4.30. The van der Waals surface area contributed by atoms with E-state index in [-0.39, 0.29) is 5.78 Å². The topological polar surface area (TPSA) is 78.9 Å². The molecular weight excluding hydrogens is 234 g/mol. The Labute approximate surface area is 104 Å². The van der Waals surface area contributed by atoms with Gasteiger partial charge in [-0.3, -0.25) is 4.79 Å². The Morgan fingerprint density at radius 3 is 2.71 bits per heavy atom. The largest absolute Gasteiger partial charge is 0.396 e. The van der Waals surface area contributed by atoms with Gasteiger partial charge in [0, 0.05) is 13.0 Å². The summed E-state index contributed by atoms with van der Waals surface area (Å²) in [6, 6.07) is 2.50. The van der Waals surface area contributed by atoms with E-state index in [1.54, 1.807) is 0 Å². The Balaban J connectivity index is 2.29. The minimum absolute atomic E-state index is 0.0801. The summed E-state index contributed by atoms with van der Waals surface area (Å²) < 4.78 is 0. The van der Waals surface area contributed by atoms with Gasteiger partial charge >= 0.3 is 0 Å². The number of nitrogens with two attached hydrogens (primary N) is 1. The highest BCUT2D eigenvalue weighted by atomic mass is 32.1. The van der Waals surface area contributed by atoms with E-state index in [1.807, 2.05) is 0 Å². The van der Waals surface area contributed by atoms with Crippen LogP contribution in [0.1, 0.15) is 47.8 Å². The molecule has 0 spiro atoms. The standard InChI is InChI=1S/C12H15N3OS/c1-7(16)11-10(14)9(6-13)12(17-11)15-8-4-2-3-5-8/h8,15H,2-5,14H2,1H3. The lowest BCUT2D eigenvalue weighted by Crippen LogP contribution is -2.14. The van der Waals surface area contributed by atoms with Gasteiger partial charge < -0.3 is 11.1 Å². The van der Waals surface area contributed by atoms with Crippen molar-refractivity contribution in [2.75, 3.05) is 11.1 Å². The monoisotopic (exact) mass is 249 g/mol. The average Bonchev–Trinajstić information content (AvgIpc) is 2.87. The smallest absolute Gasteiger partial charge is 0.171 e. The molecule has 1 saturated carbocycles. The number of hydrogen-bond donors (Lipinski definition) is 2. The second-order valence-electron chi connectivity index (χ2n) is 4.34. The number of Topliss-reactive ketones (excluding diaryl/α,β-unsaturated/α-hetero) is 1. The van der Waals surface area contributed by atoms with Crippen LogP contribution in [0.5, 0.6) is 0 Å². The lowest BCUT2D eigenvalue weighted by Gasteiger charge is -2.11. The van der Waals surface area contributed by atoms with Gasteiger partial charge in [-0.25, -0.2) is 0 Å².